The van der Waals surface area contributed by atoms with Crippen LogP contribution in [0.4, 0.5) is 4.79 Å². The van der Waals surface area contributed by atoms with Gasteiger partial charge < -0.3 is 40.6 Å². The van der Waals surface area contributed by atoms with Crippen molar-refractivity contribution in [3.63, 3.8) is 0 Å². The summed E-state index contributed by atoms with van der Waals surface area (Å²) in [7, 11) is 1.57. The highest BCUT2D eigenvalue weighted by atomic mass is 16.5. The Hall–Kier alpha value is -3.81. The molecule has 0 aliphatic carbocycles. The zero-order chi connectivity index (χ0) is 37.2. The van der Waals surface area contributed by atoms with Crippen LogP contribution in [-0.2, 0) is 33.5 Å². The van der Waals surface area contributed by atoms with Crippen molar-refractivity contribution in [1.82, 2.24) is 31.1 Å². The fourth-order valence-electron chi connectivity index (χ4n) is 4.90. The number of aldehydes is 1. The lowest BCUT2D eigenvalue weighted by Gasteiger charge is -2.38. The summed E-state index contributed by atoms with van der Waals surface area (Å²) in [6.45, 7) is 20.5. The minimum Gasteiger partial charge on any atom is -0.364 e. The number of urea groups is 1. The first-order valence-electron chi connectivity index (χ1n) is 16.7. The fraction of sp³-hybridized carbons (Fsp3) is 0.735. The molecule has 14 nitrogen and oxygen atoms in total. The van der Waals surface area contributed by atoms with Gasteiger partial charge in [0.25, 0.3) is 5.91 Å². The molecule has 1 saturated heterocycles. The Bertz CT molecular complexity index is 1110. The lowest BCUT2D eigenvalue weighted by molar-refractivity contribution is -0.143. The third-order valence-corrected chi connectivity index (χ3v) is 7.71. The number of likely N-dealkylation sites (N-methyl/N-ethyl adjacent to an activating group) is 1. The Kier molecular flexibility index (Phi) is 19.5. The molecular weight excluding hydrogens is 620 g/mol. The number of ether oxygens (including phenoxy) is 1. The van der Waals surface area contributed by atoms with Crippen LogP contribution in [0.2, 0.25) is 0 Å². The standard InChI is InChI=1S/C32H54N6O8.C2H6/c1-10-13-21(25(41)28(43)33-15-11-2)34-27(42)22-14-12-16-38(22)29(44)26(32(6,7)8)36-30(45)35-23(31(3,4)5)19-37(9)24(40)20-46-18-17-39;1-2/h11,17,21-23,26H,2,10,12-16,18-20H2,1,3-9H3,(H,33,43)(H,34,42)(H2,35,36,45);1-2H3. The van der Waals surface area contributed by atoms with Gasteiger partial charge in [-0.2, -0.15) is 0 Å². The van der Waals surface area contributed by atoms with Gasteiger partial charge in [0.15, 0.2) is 0 Å². The monoisotopic (exact) mass is 680 g/mol. The number of hydrogen-bond donors (Lipinski definition) is 4. The summed E-state index contributed by atoms with van der Waals surface area (Å²) in [6, 6.07) is -4.08. The molecule has 1 rings (SSSR count). The van der Waals surface area contributed by atoms with E-state index in [1.165, 1.54) is 15.9 Å². The molecule has 6 amide bonds. The number of nitrogens with one attached hydrogen (secondary N) is 4. The zero-order valence-corrected chi connectivity index (χ0v) is 30.7. The number of likely N-dealkylation sites (tertiary alicyclic amines) is 1. The van der Waals surface area contributed by atoms with Crippen molar-refractivity contribution in [3.05, 3.63) is 12.7 Å². The van der Waals surface area contributed by atoms with Crippen LogP contribution in [0, 0.1) is 10.8 Å². The van der Waals surface area contributed by atoms with Crippen molar-refractivity contribution >= 4 is 41.7 Å². The minimum absolute atomic E-state index is 0.111. The molecule has 48 heavy (non-hydrogen) atoms. The molecule has 0 aromatic heterocycles. The average Bonchev–Trinajstić information content (AvgIpc) is 3.51. The fourth-order valence-corrected chi connectivity index (χ4v) is 4.90. The van der Waals surface area contributed by atoms with E-state index in [9.17, 15) is 33.6 Å². The summed E-state index contributed by atoms with van der Waals surface area (Å²) < 4.78 is 5.01. The molecule has 1 fully saturated rings. The molecular formula is C34H60N6O8. The van der Waals surface area contributed by atoms with E-state index in [1.807, 2.05) is 41.5 Å². The number of carbonyl (C=O) groups excluding carboxylic acids is 7. The molecule has 0 bridgehead atoms. The second-order valence-electron chi connectivity index (χ2n) is 13.7. The quantitative estimate of drug-likeness (QED) is 0.0778. The maximum absolute atomic E-state index is 14.0. The molecule has 1 aliphatic heterocycles. The Morgan fingerprint density at radius 2 is 1.62 bits per heavy atom. The Morgan fingerprint density at radius 1 is 1.00 bits per heavy atom. The molecule has 1 aliphatic rings. The van der Waals surface area contributed by atoms with Gasteiger partial charge in [-0.15, -0.1) is 6.58 Å². The molecule has 0 aromatic carbocycles. The first-order valence-corrected chi connectivity index (χ1v) is 16.7. The number of rotatable bonds is 17. The second kappa shape index (κ2) is 21.2. The highest BCUT2D eigenvalue weighted by Gasteiger charge is 2.43. The van der Waals surface area contributed by atoms with E-state index in [1.54, 1.807) is 27.8 Å². The largest absolute Gasteiger partial charge is 0.364 e. The summed E-state index contributed by atoms with van der Waals surface area (Å²) >= 11 is 0. The SMILES string of the molecule is C=CCNC(=O)C(=O)C(CCC)NC(=O)C1CCCN1C(=O)C(NC(=O)NC(CN(C)C(=O)COCC=O)C(C)(C)C)C(C)(C)C.CC. The van der Waals surface area contributed by atoms with Crippen LogP contribution in [0.5, 0.6) is 0 Å². The second-order valence-corrected chi connectivity index (χ2v) is 13.7. The van der Waals surface area contributed by atoms with Crippen LogP contribution in [0.25, 0.3) is 0 Å². The maximum atomic E-state index is 14.0. The molecule has 14 heteroatoms. The van der Waals surface area contributed by atoms with Gasteiger partial charge in [0, 0.05) is 26.7 Å². The number of amides is 6. The van der Waals surface area contributed by atoms with Gasteiger partial charge in [0.2, 0.25) is 23.5 Å². The van der Waals surface area contributed by atoms with Crippen LogP contribution >= 0.6 is 0 Å². The highest BCUT2D eigenvalue weighted by molar-refractivity contribution is 6.38. The zero-order valence-electron chi connectivity index (χ0n) is 30.7. The molecule has 0 aromatic rings. The van der Waals surface area contributed by atoms with E-state index in [4.69, 9.17) is 4.74 Å². The van der Waals surface area contributed by atoms with Crippen molar-refractivity contribution in [2.24, 2.45) is 10.8 Å². The van der Waals surface area contributed by atoms with Crippen LogP contribution < -0.4 is 21.3 Å². The van der Waals surface area contributed by atoms with Gasteiger partial charge in [0.1, 0.15) is 31.6 Å². The molecule has 4 atom stereocenters. The Morgan fingerprint density at radius 3 is 2.15 bits per heavy atom. The smallest absolute Gasteiger partial charge is 0.315 e. The molecule has 0 spiro atoms. The molecule has 274 valence electrons. The van der Waals surface area contributed by atoms with Crippen molar-refractivity contribution in [1.29, 1.82) is 0 Å². The Labute approximate surface area is 286 Å². The van der Waals surface area contributed by atoms with Crippen molar-refractivity contribution < 1.29 is 38.3 Å². The van der Waals surface area contributed by atoms with E-state index in [2.05, 4.69) is 27.8 Å². The molecule has 0 saturated carbocycles. The summed E-state index contributed by atoms with van der Waals surface area (Å²) in [4.78, 5) is 91.5. The summed E-state index contributed by atoms with van der Waals surface area (Å²) in [5, 5.41) is 10.8. The van der Waals surface area contributed by atoms with Crippen molar-refractivity contribution in [2.75, 3.05) is 39.9 Å². The van der Waals surface area contributed by atoms with Crippen molar-refractivity contribution in [3.8, 4) is 0 Å². The van der Waals surface area contributed by atoms with Crippen LogP contribution in [-0.4, -0.2) is 116 Å². The first kappa shape index (κ1) is 44.2. The van der Waals surface area contributed by atoms with E-state index in [0.717, 1.165) is 0 Å². The van der Waals surface area contributed by atoms with Crippen LogP contribution in [0.1, 0.15) is 88.0 Å². The van der Waals surface area contributed by atoms with E-state index < -0.39 is 64.5 Å². The van der Waals surface area contributed by atoms with E-state index in [0.29, 0.717) is 25.5 Å². The van der Waals surface area contributed by atoms with Crippen molar-refractivity contribution in [2.45, 2.75) is 112 Å². The molecule has 1 heterocycles. The normalized spacial score (nSPS) is 16.2. The van der Waals surface area contributed by atoms with Gasteiger partial charge in [-0.05, 0) is 30.1 Å². The lowest BCUT2D eigenvalue weighted by Crippen LogP contribution is -2.62. The van der Waals surface area contributed by atoms with Gasteiger partial charge in [0.05, 0.1) is 12.1 Å². The average molecular weight is 681 g/mol. The Balaban J connectivity index is 0.0000108. The predicted molar refractivity (Wildman–Crippen MR) is 184 cm³/mol. The van der Waals surface area contributed by atoms with Gasteiger partial charge in [-0.3, -0.25) is 24.0 Å². The van der Waals surface area contributed by atoms with E-state index in [-0.39, 0.29) is 45.2 Å². The van der Waals surface area contributed by atoms with Gasteiger partial charge >= 0.3 is 6.03 Å². The summed E-state index contributed by atoms with van der Waals surface area (Å²) in [6.07, 6.45) is 3.69. The molecule has 4 N–H and O–H groups in total. The summed E-state index contributed by atoms with van der Waals surface area (Å²) in [5.41, 5.74) is -1.23. The number of ketones is 1. The van der Waals surface area contributed by atoms with Crippen LogP contribution in [0.15, 0.2) is 12.7 Å². The number of hydrogen-bond acceptors (Lipinski definition) is 8. The lowest BCUT2D eigenvalue weighted by atomic mass is 9.85. The number of Topliss-reactive ketones (excluding diaryl/α,β-unsaturated/α-hetero) is 1. The minimum atomic E-state index is -1.04. The summed E-state index contributed by atoms with van der Waals surface area (Å²) in [5.74, 6) is -2.94. The topological polar surface area (TPSA) is 183 Å². The first-order chi connectivity index (χ1) is 22.4. The molecule has 0 radical (unpaired) electrons. The predicted octanol–water partition coefficient (Wildman–Crippen LogP) is 1.96. The molecule has 4 unspecified atom stereocenters. The maximum Gasteiger partial charge on any atom is 0.315 e. The van der Waals surface area contributed by atoms with Gasteiger partial charge in [-0.1, -0.05) is 74.8 Å². The number of carbonyl (C=O) groups is 7. The third-order valence-electron chi connectivity index (χ3n) is 7.71. The van der Waals surface area contributed by atoms with Crippen LogP contribution in [0.3, 0.4) is 0 Å². The highest BCUT2D eigenvalue weighted by Crippen LogP contribution is 2.26. The van der Waals surface area contributed by atoms with E-state index >= 15 is 0 Å². The van der Waals surface area contributed by atoms with Gasteiger partial charge in [-0.25, -0.2) is 4.79 Å². The number of nitrogens with zero attached hydrogens (tertiary/aromatic N) is 2. The third kappa shape index (κ3) is 14.5.